The van der Waals surface area contributed by atoms with E-state index in [1.807, 2.05) is 17.0 Å². The second-order valence-electron chi connectivity index (χ2n) is 9.70. The Kier molecular flexibility index (Phi) is 9.68. The van der Waals surface area contributed by atoms with E-state index < -0.39 is 23.3 Å². The van der Waals surface area contributed by atoms with Crippen LogP contribution < -0.4 is 14.8 Å². The zero-order valence-electron chi connectivity index (χ0n) is 21.4. The number of hydrogen-bond donors (Lipinski definition) is 3. The number of phenols is 1. The van der Waals surface area contributed by atoms with Crippen molar-refractivity contribution >= 4 is 24.3 Å². The van der Waals surface area contributed by atoms with Gasteiger partial charge < -0.3 is 29.9 Å². The number of hydrogen-bond acceptors (Lipinski definition) is 6. The molecular formula is C28H37ClN2O6. The number of rotatable bonds is 11. The first-order valence-corrected chi connectivity index (χ1v) is 12.8. The molecule has 0 aliphatic carbocycles. The number of aliphatic carboxylic acids is 1. The molecule has 2 aliphatic heterocycles. The van der Waals surface area contributed by atoms with E-state index in [9.17, 15) is 19.8 Å². The number of amides is 1. The maximum atomic E-state index is 13.7. The van der Waals surface area contributed by atoms with Gasteiger partial charge in [0.05, 0.1) is 17.9 Å². The van der Waals surface area contributed by atoms with Gasteiger partial charge in [0.1, 0.15) is 5.75 Å². The Morgan fingerprint density at radius 1 is 1.03 bits per heavy atom. The van der Waals surface area contributed by atoms with Crippen LogP contribution in [0, 0.1) is 5.92 Å². The largest absolute Gasteiger partial charge is 0.508 e. The monoisotopic (exact) mass is 532 g/mol. The average Bonchev–Trinajstić information content (AvgIpc) is 3.49. The number of nitrogens with one attached hydrogen (secondary N) is 1. The van der Waals surface area contributed by atoms with Crippen LogP contribution in [0.25, 0.3) is 0 Å². The standard InChI is InChI=1S/C28H36N2O6.ClH/c1-3-5-13-30(14-6-4-2)25(32)16-28(20-8-10-21(31)11-9-20)26(27(33)34)22(17-29-28)19-7-12-23-24(15-19)36-18-35-23;/h7-12,15,22,26,29,31H,3-6,13-14,16-18H2,1-2H3,(H,33,34);1H. The second-order valence-corrected chi connectivity index (χ2v) is 9.70. The lowest BCUT2D eigenvalue weighted by molar-refractivity contribution is -0.145. The Labute approximate surface area is 224 Å². The van der Waals surface area contributed by atoms with Gasteiger partial charge in [-0.3, -0.25) is 9.59 Å². The number of fused-ring (bicyclic) bond motifs is 1. The van der Waals surface area contributed by atoms with Gasteiger partial charge >= 0.3 is 5.97 Å². The van der Waals surface area contributed by atoms with E-state index in [0.717, 1.165) is 31.2 Å². The summed E-state index contributed by atoms with van der Waals surface area (Å²) in [4.78, 5) is 28.5. The summed E-state index contributed by atoms with van der Waals surface area (Å²) in [5.41, 5.74) is 0.366. The number of ether oxygens (including phenoxy) is 2. The van der Waals surface area contributed by atoms with Crippen molar-refractivity contribution in [3.8, 4) is 17.2 Å². The van der Waals surface area contributed by atoms with Gasteiger partial charge in [0, 0.05) is 25.6 Å². The van der Waals surface area contributed by atoms with Crippen molar-refractivity contribution in [2.24, 2.45) is 5.92 Å². The summed E-state index contributed by atoms with van der Waals surface area (Å²) in [6.07, 6.45) is 3.76. The molecular weight excluding hydrogens is 496 g/mol. The number of carboxylic acid groups (broad SMARTS) is 1. The molecule has 2 aromatic rings. The molecule has 8 nitrogen and oxygen atoms in total. The summed E-state index contributed by atoms with van der Waals surface area (Å²) in [6, 6.07) is 12.0. The minimum absolute atomic E-state index is 0. The van der Waals surface area contributed by atoms with Crippen molar-refractivity contribution < 1.29 is 29.3 Å². The van der Waals surface area contributed by atoms with Crippen LogP contribution in [0.2, 0.25) is 0 Å². The van der Waals surface area contributed by atoms with E-state index >= 15 is 0 Å². The predicted molar refractivity (Wildman–Crippen MR) is 142 cm³/mol. The quantitative estimate of drug-likeness (QED) is 0.386. The number of unbranched alkanes of at least 4 members (excludes halogenated alkanes) is 2. The fourth-order valence-electron chi connectivity index (χ4n) is 5.42. The van der Waals surface area contributed by atoms with E-state index in [2.05, 4.69) is 19.2 Å². The van der Waals surface area contributed by atoms with E-state index in [4.69, 9.17) is 9.47 Å². The lowest BCUT2D eigenvalue weighted by Gasteiger charge is -2.37. The van der Waals surface area contributed by atoms with Crippen LogP contribution in [-0.2, 0) is 15.1 Å². The second kappa shape index (κ2) is 12.5. The molecule has 0 saturated carbocycles. The molecule has 2 aliphatic rings. The Hall–Kier alpha value is -2.97. The Morgan fingerprint density at radius 3 is 2.30 bits per heavy atom. The van der Waals surface area contributed by atoms with E-state index in [1.54, 1.807) is 30.3 Å². The highest BCUT2D eigenvalue weighted by atomic mass is 35.5. The van der Waals surface area contributed by atoms with Gasteiger partial charge in [0.25, 0.3) is 0 Å². The van der Waals surface area contributed by atoms with Gasteiger partial charge in [-0.25, -0.2) is 0 Å². The molecule has 37 heavy (non-hydrogen) atoms. The minimum atomic E-state index is -1.13. The molecule has 3 atom stereocenters. The molecule has 3 unspecified atom stereocenters. The summed E-state index contributed by atoms with van der Waals surface area (Å²) in [7, 11) is 0. The number of halogens is 1. The number of phenolic OH excluding ortho intramolecular Hbond substituents is 1. The lowest BCUT2D eigenvalue weighted by Crippen LogP contribution is -2.49. The first-order valence-electron chi connectivity index (χ1n) is 12.8. The van der Waals surface area contributed by atoms with Crippen molar-refractivity contribution in [1.29, 1.82) is 0 Å². The van der Waals surface area contributed by atoms with Gasteiger partial charge in [-0.2, -0.15) is 0 Å². The van der Waals surface area contributed by atoms with Crippen LogP contribution in [0.5, 0.6) is 17.2 Å². The van der Waals surface area contributed by atoms with Crippen LogP contribution in [0.4, 0.5) is 0 Å². The molecule has 1 amide bonds. The summed E-state index contributed by atoms with van der Waals surface area (Å²) in [6.45, 7) is 6.02. The molecule has 9 heteroatoms. The Morgan fingerprint density at radius 2 is 1.68 bits per heavy atom. The molecule has 2 aromatic carbocycles. The van der Waals surface area contributed by atoms with Crippen molar-refractivity contribution in [3.05, 3.63) is 53.6 Å². The first-order chi connectivity index (χ1) is 17.4. The highest BCUT2D eigenvalue weighted by molar-refractivity contribution is 5.85. The maximum absolute atomic E-state index is 13.7. The molecule has 0 bridgehead atoms. The highest BCUT2D eigenvalue weighted by Crippen LogP contribution is 2.48. The summed E-state index contributed by atoms with van der Waals surface area (Å²) in [5, 5.41) is 23.9. The third kappa shape index (κ3) is 5.96. The molecule has 1 saturated heterocycles. The molecule has 0 spiro atoms. The zero-order chi connectivity index (χ0) is 25.7. The number of carboxylic acids is 1. The van der Waals surface area contributed by atoms with Gasteiger partial charge in [-0.05, 0) is 48.2 Å². The smallest absolute Gasteiger partial charge is 0.309 e. The van der Waals surface area contributed by atoms with Gasteiger partial charge in [-0.1, -0.05) is 44.9 Å². The first kappa shape index (κ1) is 28.6. The molecule has 0 aromatic heterocycles. The number of carbonyl (C=O) groups excluding carboxylic acids is 1. The van der Waals surface area contributed by atoms with Gasteiger partial charge in [0.15, 0.2) is 11.5 Å². The van der Waals surface area contributed by atoms with E-state index in [-0.39, 0.29) is 37.3 Å². The van der Waals surface area contributed by atoms with Crippen LogP contribution in [0.3, 0.4) is 0 Å². The molecule has 202 valence electrons. The number of benzene rings is 2. The number of carbonyl (C=O) groups is 2. The SMILES string of the molecule is CCCCN(CCCC)C(=O)CC1(c2ccc(O)cc2)NCC(c2ccc3c(c2)OCO3)C1C(=O)O.Cl. The summed E-state index contributed by atoms with van der Waals surface area (Å²) < 4.78 is 11.0. The molecule has 1 fully saturated rings. The van der Waals surface area contributed by atoms with Crippen molar-refractivity contribution in [2.45, 2.75) is 57.4 Å². The van der Waals surface area contributed by atoms with E-state index in [0.29, 0.717) is 36.7 Å². The summed E-state index contributed by atoms with van der Waals surface area (Å²) >= 11 is 0. The molecule has 3 N–H and O–H groups in total. The fraction of sp³-hybridized carbons (Fsp3) is 0.500. The van der Waals surface area contributed by atoms with Crippen molar-refractivity contribution in [3.63, 3.8) is 0 Å². The van der Waals surface area contributed by atoms with Crippen molar-refractivity contribution in [1.82, 2.24) is 10.2 Å². The molecule has 0 radical (unpaired) electrons. The summed E-state index contributed by atoms with van der Waals surface area (Å²) in [5.74, 6) is -1.01. The third-order valence-electron chi connectivity index (χ3n) is 7.39. The van der Waals surface area contributed by atoms with Gasteiger partial charge in [-0.15, -0.1) is 12.4 Å². The fourth-order valence-corrected chi connectivity index (χ4v) is 5.42. The van der Waals surface area contributed by atoms with E-state index in [1.165, 1.54) is 0 Å². The van der Waals surface area contributed by atoms with Crippen LogP contribution in [0.15, 0.2) is 42.5 Å². The zero-order valence-corrected chi connectivity index (χ0v) is 22.3. The van der Waals surface area contributed by atoms with Crippen molar-refractivity contribution in [2.75, 3.05) is 26.4 Å². The minimum Gasteiger partial charge on any atom is -0.508 e. The third-order valence-corrected chi connectivity index (χ3v) is 7.39. The van der Waals surface area contributed by atoms with Crippen LogP contribution in [0.1, 0.15) is 63.0 Å². The lowest BCUT2D eigenvalue weighted by atomic mass is 9.71. The maximum Gasteiger partial charge on any atom is 0.309 e. The Bertz CT molecular complexity index is 1070. The topological polar surface area (TPSA) is 108 Å². The van der Waals surface area contributed by atoms with Crippen LogP contribution in [-0.4, -0.2) is 53.4 Å². The normalized spacial score (nSPS) is 21.9. The average molecular weight is 533 g/mol. The van der Waals surface area contributed by atoms with Gasteiger partial charge in [0.2, 0.25) is 12.7 Å². The molecule has 2 heterocycles. The number of nitrogens with zero attached hydrogens (tertiary/aromatic N) is 1. The molecule has 4 rings (SSSR count). The Balaban J connectivity index is 0.00000380. The highest BCUT2D eigenvalue weighted by Gasteiger charge is 2.55. The predicted octanol–water partition coefficient (Wildman–Crippen LogP) is 4.64. The van der Waals surface area contributed by atoms with Crippen LogP contribution >= 0.6 is 12.4 Å². The number of aromatic hydroxyl groups is 1.